The topological polar surface area (TPSA) is 53.4 Å². The molecular formula is C23H22N2O3. The lowest BCUT2D eigenvalue weighted by Gasteiger charge is -2.13. The molecule has 0 fully saturated rings. The largest absolute Gasteiger partial charge is 0.497 e. The first-order chi connectivity index (χ1) is 13.7. The molecule has 0 amide bonds. The number of ether oxygens (including phenoxy) is 2. The second kappa shape index (κ2) is 7.72. The molecule has 1 aromatic heterocycles. The van der Waals surface area contributed by atoms with E-state index in [-0.39, 0.29) is 11.9 Å². The van der Waals surface area contributed by atoms with E-state index in [4.69, 9.17) is 9.47 Å². The van der Waals surface area contributed by atoms with Crippen molar-refractivity contribution in [1.82, 2.24) is 9.55 Å². The predicted molar refractivity (Wildman–Crippen MR) is 110 cm³/mol. The Morgan fingerprint density at radius 3 is 2.71 bits per heavy atom. The zero-order valence-corrected chi connectivity index (χ0v) is 16.0. The van der Waals surface area contributed by atoms with Gasteiger partial charge in [0.1, 0.15) is 12.4 Å². The van der Waals surface area contributed by atoms with Crippen molar-refractivity contribution in [3.63, 3.8) is 0 Å². The highest BCUT2D eigenvalue weighted by Crippen LogP contribution is 2.25. The molecule has 0 radical (unpaired) electrons. The van der Waals surface area contributed by atoms with Gasteiger partial charge in [-0.3, -0.25) is 4.79 Å². The summed E-state index contributed by atoms with van der Waals surface area (Å²) in [5, 5.41) is 2.15. The summed E-state index contributed by atoms with van der Waals surface area (Å²) >= 11 is 0. The van der Waals surface area contributed by atoms with Crippen LogP contribution in [0.5, 0.6) is 5.75 Å². The molecule has 4 rings (SSSR count). The smallest absolute Gasteiger partial charge is 0.313 e. The Balaban J connectivity index is 1.41. The van der Waals surface area contributed by atoms with Crippen LogP contribution in [-0.4, -0.2) is 29.2 Å². The minimum atomic E-state index is -0.328. The highest BCUT2D eigenvalue weighted by molar-refractivity contribution is 5.86. The summed E-state index contributed by atoms with van der Waals surface area (Å²) in [6, 6.07) is 19.8. The summed E-state index contributed by atoms with van der Waals surface area (Å²) in [4.78, 5) is 16.9. The van der Waals surface area contributed by atoms with Crippen molar-refractivity contribution in [2.24, 2.45) is 0 Å². The average Bonchev–Trinajstić information content (AvgIpc) is 3.15. The van der Waals surface area contributed by atoms with Crippen LogP contribution in [0.2, 0.25) is 0 Å². The van der Waals surface area contributed by atoms with Crippen molar-refractivity contribution in [2.75, 3.05) is 13.7 Å². The van der Waals surface area contributed by atoms with Crippen LogP contribution >= 0.6 is 0 Å². The van der Waals surface area contributed by atoms with E-state index in [1.165, 1.54) is 0 Å². The third-order valence-corrected chi connectivity index (χ3v) is 5.03. The summed E-state index contributed by atoms with van der Waals surface area (Å²) in [6.07, 6.45) is 1.78. The number of benzene rings is 3. The third kappa shape index (κ3) is 3.56. The number of methoxy groups -OCH3 is 1. The average molecular weight is 374 g/mol. The number of fused-ring (bicyclic) bond motifs is 2. The molecule has 0 aliphatic carbocycles. The Bertz CT molecular complexity index is 1130. The number of esters is 1. The molecule has 1 heterocycles. The number of aromatic nitrogens is 2. The van der Waals surface area contributed by atoms with Gasteiger partial charge in [-0.1, -0.05) is 36.4 Å². The van der Waals surface area contributed by atoms with E-state index in [2.05, 4.69) is 4.98 Å². The van der Waals surface area contributed by atoms with Gasteiger partial charge in [0.15, 0.2) is 0 Å². The number of para-hydroxylation sites is 2. The molecule has 1 atom stereocenters. The summed E-state index contributed by atoms with van der Waals surface area (Å²) < 4.78 is 12.8. The van der Waals surface area contributed by atoms with Gasteiger partial charge in [0, 0.05) is 0 Å². The number of carbonyl (C=O) groups excluding carboxylic acids is 1. The molecule has 0 saturated carbocycles. The van der Waals surface area contributed by atoms with Crippen molar-refractivity contribution < 1.29 is 14.3 Å². The maximum atomic E-state index is 12.5. The molecule has 0 saturated heterocycles. The molecular weight excluding hydrogens is 352 g/mol. The van der Waals surface area contributed by atoms with Crippen LogP contribution in [0.3, 0.4) is 0 Å². The van der Waals surface area contributed by atoms with Gasteiger partial charge >= 0.3 is 5.97 Å². The highest BCUT2D eigenvalue weighted by Gasteiger charge is 2.17. The first-order valence-corrected chi connectivity index (χ1v) is 9.30. The van der Waals surface area contributed by atoms with Gasteiger partial charge in [-0.05, 0) is 47.5 Å². The van der Waals surface area contributed by atoms with Gasteiger partial charge in [-0.2, -0.15) is 0 Å². The maximum absolute atomic E-state index is 12.5. The summed E-state index contributed by atoms with van der Waals surface area (Å²) in [5.41, 5.74) is 2.92. The molecule has 0 aliphatic heterocycles. The van der Waals surface area contributed by atoms with Gasteiger partial charge < -0.3 is 14.0 Å². The number of carbonyl (C=O) groups is 1. The van der Waals surface area contributed by atoms with Crippen LogP contribution in [0.1, 0.15) is 18.4 Å². The maximum Gasteiger partial charge on any atom is 0.313 e. The minimum Gasteiger partial charge on any atom is -0.497 e. The van der Waals surface area contributed by atoms with E-state index in [0.29, 0.717) is 13.2 Å². The summed E-state index contributed by atoms with van der Waals surface area (Å²) in [7, 11) is 1.65. The molecule has 1 unspecified atom stereocenters. The van der Waals surface area contributed by atoms with Crippen LogP contribution < -0.4 is 4.74 Å². The lowest BCUT2D eigenvalue weighted by atomic mass is 9.98. The van der Waals surface area contributed by atoms with E-state index in [1.54, 1.807) is 13.4 Å². The summed E-state index contributed by atoms with van der Waals surface area (Å²) in [5.74, 6) is 0.267. The quantitative estimate of drug-likeness (QED) is 0.465. The zero-order valence-electron chi connectivity index (χ0n) is 16.0. The standard InChI is InChI=1S/C23H22N2O3/c1-16(17-7-8-19-14-20(27-2)10-9-18(19)13-17)23(26)28-12-11-25-15-24-21-5-3-4-6-22(21)25/h3-10,13-16H,11-12H2,1-2H3. The van der Waals surface area contributed by atoms with E-state index >= 15 is 0 Å². The van der Waals surface area contributed by atoms with E-state index in [0.717, 1.165) is 33.1 Å². The normalized spacial score (nSPS) is 12.2. The molecule has 0 aliphatic rings. The lowest BCUT2D eigenvalue weighted by molar-refractivity contribution is -0.145. The van der Waals surface area contributed by atoms with Gasteiger partial charge in [-0.15, -0.1) is 0 Å². The monoisotopic (exact) mass is 374 g/mol. The Kier molecular flexibility index (Phi) is 4.98. The molecule has 142 valence electrons. The second-order valence-electron chi connectivity index (χ2n) is 6.79. The van der Waals surface area contributed by atoms with E-state index in [9.17, 15) is 4.79 Å². The molecule has 4 aromatic rings. The number of hydrogen-bond acceptors (Lipinski definition) is 4. The Labute approximate surface area is 163 Å². The molecule has 5 nitrogen and oxygen atoms in total. The highest BCUT2D eigenvalue weighted by atomic mass is 16.5. The number of nitrogens with zero attached hydrogens (tertiary/aromatic N) is 2. The SMILES string of the molecule is COc1ccc2cc(C(C)C(=O)OCCn3cnc4ccccc43)ccc2c1. The number of imidazole rings is 1. The first kappa shape index (κ1) is 18.0. The van der Waals surface area contributed by atoms with Crippen molar-refractivity contribution in [1.29, 1.82) is 0 Å². The van der Waals surface area contributed by atoms with Crippen LogP contribution in [0, 0.1) is 0 Å². The Morgan fingerprint density at radius 2 is 1.86 bits per heavy atom. The first-order valence-electron chi connectivity index (χ1n) is 9.30. The fraction of sp³-hybridized carbons (Fsp3) is 0.217. The van der Waals surface area contributed by atoms with Crippen molar-refractivity contribution in [3.05, 3.63) is 72.6 Å². The van der Waals surface area contributed by atoms with Crippen molar-refractivity contribution in [3.8, 4) is 5.75 Å². The van der Waals surface area contributed by atoms with Gasteiger partial charge in [0.05, 0.1) is 36.9 Å². The molecule has 5 heteroatoms. The third-order valence-electron chi connectivity index (χ3n) is 5.03. The van der Waals surface area contributed by atoms with Crippen LogP contribution in [0.25, 0.3) is 21.8 Å². The molecule has 0 spiro atoms. The van der Waals surface area contributed by atoms with E-state index in [1.807, 2.05) is 72.2 Å². The van der Waals surface area contributed by atoms with Crippen LogP contribution in [0.4, 0.5) is 0 Å². The van der Waals surface area contributed by atoms with Crippen LogP contribution in [-0.2, 0) is 16.1 Å². The minimum absolute atomic E-state index is 0.225. The van der Waals surface area contributed by atoms with Gasteiger partial charge in [0.2, 0.25) is 0 Å². The van der Waals surface area contributed by atoms with Crippen LogP contribution in [0.15, 0.2) is 67.0 Å². The summed E-state index contributed by atoms with van der Waals surface area (Å²) in [6.45, 7) is 2.77. The fourth-order valence-corrected chi connectivity index (χ4v) is 3.33. The Hall–Kier alpha value is -3.34. The van der Waals surface area contributed by atoms with E-state index < -0.39 is 0 Å². The second-order valence-corrected chi connectivity index (χ2v) is 6.79. The predicted octanol–water partition coefficient (Wildman–Crippen LogP) is 4.55. The zero-order chi connectivity index (χ0) is 19.5. The molecule has 3 aromatic carbocycles. The number of hydrogen-bond donors (Lipinski definition) is 0. The number of rotatable bonds is 6. The van der Waals surface area contributed by atoms with Gasteiger partial charge in [0.25, 0.3) is 0 Å². The molecule has 0 bridgehead atoms. The fourth-order valence-electron chi connectivity index (χ4n) is 3.33. The lowest BCUT2D eigenvalue weighted by Crippen LogP contribution is -2.16. The van der Waals surface area contributed by atoms with Crippen molar-refractivity contribution >= 4 is 27.8 Å². The molecule has 28 heavy (non-hydrogen) atoms. The Morgan fingerprint density at radius 1 is 1.07 bits per heavy atom. The molecule has 0 N–H and O–H groups in total. The van der Waals surface area contributed by atoms with Crippen molar-refractivity contribution in [2.45, 2.75) is 19.4 Å². The van der Waals surface area contributed by atoms with Gasteiger partial charge in [-0.25, -0.2) is 4.98 Å².